The average molecular weight is 470 g/mol. The molecular formula is C22H30F3N5O3. The average Bonchev–Trinajstić information content (AvgIpc) is 2.77. The Morgan fingerprint density at radius 2 is 1.97 bits per heavy atom. The van der Waals surface area contributed by atoms with Crippen LogP contribution in [-0.4, -0.2) is 69.3 Å². The molecule has 182 valence electrons. The smallest absolute Gasteiger partial charge is 0.383 e. The van der Waals surface area contributed by atoms with Gasteiger partial charge in [0.1, 0.15) is 6.04 Å². The van der Waals surface area contributed by atoms with Crippen LogP contribution in [0, 0.1) is 17.2 Å². The predicted molar refractivity (Wildman–Crippen MR) is 117 cm³/mol. The highest BCUT2D eigenvalue weighted by Gasteiger charge is 2.37. The van der Waals surface area contributed by atoms with Crippen molar-refractivity contribution in [2.45, 2.75) is 32.5 Å². The van der Waals surface area contributed by atoms with Crippen LogP contribution in [0.1, 0.15) is 31.4 Å². The van der Waals surface area contributed by atoms with E-state index < -0.39 is 29.3 Å². The summed E-state index contributed by atoms with van der Waals surface area (Å²) in [4.78, 5) is 28.5. The molecule has 11 heteroatoms. The summed E-state index contributed by atoms with van der Waals surface area (Å²) in [6.45, 7) is 5.46. The quantitative estimate of drug-likeness (QED) is 0.571. The summed E-state index contributed by atoms with van der Waals surface area (Å²) < 4.78 is 45.3. The van der Waals surface area contributed by atoms with E-state index in [1.165, 1.54) is 23.0 Å². The minimum atomic E-state index is -4.71. The van der Waals surface area contributed by atoms with Gasteiger partial charge in [-0.3, -0.25) is 4.79 Å². The summed E-state index contributed by atoms with van der Waals surface area (Å²) in [5, 5.41) is 14.6. The SMILES string of the molecule is COCCNC(=O)C1CN(C(=O)NCCC(C)C)CCN1c1ccc(C#N)c(C(F)(F)F)c1. The molecule has 2 N–H and O–H groups in total. The van der Waals surface area contributed by atoms with E-state index >= 15 is 0 Å². The second kappa shape index (κ2) is 11.7. The summed E-state index contributed by atoms with van der Waals surface area (Å²) >= 11 is 0. The third kappa shape index (κ3) is 7.25. The number of rotatable bonds is 8. The monoisotopic (exact) mass is 469 g/mol. The third-order valence-corrected chi connectivity index (χ3v) is 5.33. The number of nitriles is 1. The molecule has 3 amide bonds. The number of ether oxygens (including phenoxy) is 1. The Morgan fingerprint density at radius 1 is 1.24 bits per heavy atom. The zero-order chi connectivity index (χ0) is 24.6. The number of nitrogens with zero attached hydrogens (tertiary/aromatic N) is 3. The van der Waals surface area contributed by atoms with Crippen molar-refractivity contribution in [2.75, 3.05) is 51.3 Å². The molecule has 1 aromatic carbocycles. The number of carbonyl (C=O) groups excluding carboxylic acids is 2. The summed E-state index contributed by atoms with van der Waals surface area (Å²) in [7, 11) is 1.48. The minimum absolute atomic E-state index is 0.00762. The second-order valence-corrected chi connectivity index (χ2v) is 8.19. The van der Waals surface area contributed by atoms with Gasteiger partial charge >= 0.3 is 12.2 Å². The Hall–Kier alpha value is -3.00. The Kier molecular flexibility index (Phi) is 9.34. The highest BCUT2D eigenvalue weighted by atomic mass is 19.4. The highest BCUT2D eigenvalue weighted by Crippen LogP contribution is 2.35. The molecule has 1 aromatic rings. The van der Waals surface area contributed by atoms with Crippen LogP contribution in [0.15, 0.2) is 18.2 Å². The van der Waals surface area contributed by atoms with Crippen molar-refractivity contribution in [3.63, 3.8) is 0 Å². The van der Waals surface area contributed by atoms with Crippen LogP contribution in [-0.2, 0) is 15.7 Å². The van der Waals surface area contributed by atoms with Gasteiger partial charge in [0, 0.05) is 39.0 Å². The van der Waals surface area contributed by atoms with Gasteiger partial charge in [-0.15, -0.1) is 0 Å². The van der Waals surface area contributed by atoms with E-state index in [0.717, 1.165) is 18.6 Å². The number of nitrogens with one attached hydrogen (secondary N) is 2. The summed E-state index contributed by atoms with van der Waals surface area (Å²) in [5.41, 5.74) is -1.39. The van der Waals surface area contributed by atoms with Crippen molar-refractivity contribution in [2.24, 2.45) is 5.92 Å². The van der Waals surface area contributed by atoms with Crippen molar-refractivity contribution < 1.29 is 27.5 Å². The van der Waals surface area contributed by atoms with E-state index in [4.69, 9.17) is 10.00 Å². The van der Waals surface area contributed by atoms with Crippen LogP contribution in [0.5, 0.6) is 0 Å². The molecule has 0 bridgehead atoms. The molecule has 1 fully saturated rings. The number of methoxy groups -OCH3 is 1. The van der Waals surface area contributed by atoms with E-state index in [-0.39, 0.29) is 44.5 Å². The van der Waals surface area contributed by atoms with Gasteiger partial charge in [0.15, 0.2) is 0 Å². The van der Waals surface area contributed by atoms with Gasteiger partial charge < -0.3 is 25.2 Å². The van der Waals surface area contributed by atoms with Gasteiger partial charge in [-0.25, -0.2) is 4.79 Å². The Labute approximate surface area is 191 Å². The molecule has 33 heavy (non-hydrogen) atoms. The molecule has 0 aliphatic carbocycles. The fourth-order valence-electron chi connectivity index (χ4n) is 3.52. The van der Waals surface area contributed by atoms with Gasteiger partial charge in [0.25, 0.3) is 0 Å². The Bertz CT molecular complexity index is 870. The van der Waals surface area contributed by atoms with Crippen LogP contribution >= 0.6 is 0 Å². The fourth-order valence-corrected chi connectivity index (χ4v) is 3.52. The Morgan fingerprint density at radius 3 is 2.58 bits per heavy atom. The summed E-state index contributed by atoms with van der Waals surface area (Å²) in [5.74, 6) is -0.00897. The predicted octanol–water partition coefficient (Wildman–Crippen LogP) is 2.59. The number of piperazine rings is 1. The lowest BCUT2D eigenvalue weighted by molar-refractivity contribution is -0.137. The van der Waals surface area contributed by atoms with Crippen molar-refractivity contribution in [1.29, 1.82) is 5.26 Å². The first-order chi connectivity index (χ1) is 15.6. The molecule has 0 radical (unpaired) electrons. The molecule has 0 aromatic heterocycles. The van der Waals surface area contributed by atoms with Crippen LogP contribution in [0.2, 0.25) is 0 Å². The molecule has 8 nitrogen and oxygen atoms in total. The normalized spacial score (nSPS) is 16.5. The number of hydrogen-bond donors (Lipinski definition) is 2. The molecule has 1 heterocycles. The first-order valence-corrected chi connectivity index (χ1v) is 10.8. The van der Waals surface area contributed by atoms with Gasteiger partial charge in [-0.05, 0) is 30.5 Å². The largest absolute Gasteiger partial charge is 0.417 e. The maximum absolute atomic E-state index is 13.5. The molecule has 1 aliphatic rings. The first-order valence-electron chi connectivity index (χ1n) is 10.8. The first kappa shape index (κ1) is 26.3. The molecule has 1 unspecified atom stereocenters. The third-order valence-electron chi connectivity index (χ3n) is 5.33. The molecule has 1 saturated heterocycles. The maximum Gasteiger partial charge on any atom is 0.417 e. The summed E-state index contributed by atoms with van der Waals surface area (Å²) in [6, 6.07) is 3.71. The standard InChI is InChI=1S/C22H30F3N5O3/c1-15(2)6-7-28-21(32)29-9-10-30(19(14-29)20(31)27-8-11-33-3)17-5-4-16(13-26)18(12-17)22(23,24)25/h4-5,12,15,19H,6-11,14H2,1-3H3,(H,27,31)(H,28,32). The minimum Gasteiger partial charge on any atom is -0.383 e. The van der Waals surface area contributed by atoms with Crippen molar-refractivity contribution in [1.82, 2.24) is 15.5 Å². The van der Waals surface area contributed by atoms with Gasteiger partial charge in [0.05, 0.1) is 30.3 Å². The molecule has 0 spiro atoms. The number of hydrogen-bond acceptors (Lipinski definition) is 5. The number of alkyl halides is 3. The Balaban J connectivity index is 2.27. The van der Waals surface area contributed by atoms with E-state index in [2.05, 4.69) is 10.6 Å². The van der Waals surface area contributed by atoms with Crippen LogP contribution < -0.4 is 15.5 Å². The van der Waals surface area contributed by atoms with Crippen molar-refractivity contribution in [3.05, 3.63) is 29.3 Å². The zero-order valence-electron chi connectivity index (χ0n) is 19.0. The summed E-state index contributed by atoms with van der Waals surface area (Å²) in [6.07, 6.45) is -3.91. The molecule has 0 saturated carbocycles. The number of halogens is 3. The fraction of sp³-hybridized carbons (Fsp3) is 0.591. The second-order valence-electron chi connectivity index (χ2n) is 8.19. The van der Waals surface area contributed by atoms with Crippen LogP contribution in [0.3, 0.4) is 0 Å². The number of amides is 3. The lowest BCUT2D eigenvalue weighted by Crippen LogP contribution is -2.61. The number of carbonyl (C=O) groups is 2. The maximum atomic E-state index is 13.5. The number of urea groups is 1. The van der Waals surface area contributed by atoms with E-state index in [0.29, 0.717) is 12.5 Å². The highest BCUT2D eigenvalue weighted by molar-refractivity contribution is 5.87. The van der Waals surface area contributed by atoms with Gasteiger partial charge in [0.2, 0.25) is 5.91 Å². The number of anilines is 1. The van der Waals surface area contributed by atoms with Crippen LogP contribution in [0.4, 0.5) is 23.7 Å². The molecule has 2 rings (SSSR count). The number of benzene rings is 1. The molecule has 1 aliphatic heterocycles. The van der Waals surface area contributed by atoms with E-state index in [1.54, 1.807) is 6.07 Å². The molecular weight excluding hydrogens is 439 g/mol. The van der Waals surface area contributed by atoms with E-state index in [9.17, 15) is 22.8 Å². The zero-order valence-corrected chi connectivity index (χ0v) is 19.0. The van der Waals surface area contributed by atoms with E-state index in [1.807, 2.05) is 13.8 Å². The van der Waals surface area contributed by atoms with Gasteiger partial charge in [-0.2, -0.15) is 18.4 Å². The van der Waals surface area contributed by atoms with Crippen LogP contribution in [0.25, 0.3) is 0 Å². The molecule has 1 atom stereocenters. The van der Waals surface area contributed by atoms with Crippen molar-refractivity contribution >= 4 is 17.6 Å². The lowest BCUT2D eigenvalue weighted by Gasteiger charge is -2.42. The lowest BCUT2D eigenvalue weighted by atomic mass is 10.0. The topological polar surface area (TPSA) is 97.7 Å². The van der Waals surface area contributed by atoms with Crippen molar-refractivity contribution in [3.8, 4) is 6.07 Å². The van der Waals surface area contributed by atoms with Gasteiger partial charge in [-0.1, -0.05) is 13.8 Å².